The number of amides is 4. The number of phenols is 1. The van der Waals surface area contributed by atoms with Crippen molar-refractivity contribution in [3.05, 3.63) is 130 Å². The number of hydrazine groups is 2. The first kappa shape index (κ1) is 38.7. The third kappa shape index (κ3) is 6.08. The lowest BCUT2D eigenvalue weighted by Crippen LogP contribution is -2.54. The van der Waals surface area contributed by atoms with Gasteiger partial charge >= 0.3 is 6.18 Å². The standard InChI is InChI=1S/C43H37ClF3N5O6/c1-23-9-13-26(14-10-23)49-51-39(55)31-22-29-27(15-16-28-36(29)40(56)52(38(28)54)50(2)37-32(44)18-20-35(48-37)43(45,46)47)30(17-11-24-12-19-33(53)34(21-24)58-3)42(31,41(51)57)25-7-5-4-6-8-25/h4-15,17-21,28-31,36,49,53H,16,22H2,1-3H3. The molecule has 11 nitrogen and oxygen atoms in total. The molecule has 3 aromatic carbocycles. The number of methoxy groups -OCH3 is 1. The number of aromatic hydroxyl groups is 1. The molecular formula is C43H37ClF3N5O6. The zero-order valence-corrected chi connectivity index (χ0v) is 32.2. The maximum absolute atomic E-state index is 15.3. The lowest BCUT2D eigenvalue weighted by atomic mass is 9.50. The number of ether oxygens (including phenoxy) is 1. The molecule has 0 spiro atoms. The third-order valence-corrected chi connectivity index (χ3v) is 12.1. The summed E-state index contributed by atoms with van der Waals surface area (Å²) in [4.78, 5) is 62.6. The van der Waals surface area contributed by atoms with E-state index < -0.39 is 76.3 Å². The van der Waals surface area contributed by atoms with Crippen LogP contribution in [0.2, 0.25) is 5.02 Å². The van der Waals surface area contributed by atoms with Crippen LogP contribution in [0.3, 0.4) is 0 Å². The predicted molar refractivity (Wildman–Crippen MR) is 208 cm³/mol. The number of hydrogen-bond donors (Lipinski definition) is 2. The van der Waals surface area contributed by atoms with Gasteiger partial charge in [0.2, 0.25) is 0 Å². The highest BCUT2D eigenvalue weighted by Gasteiger charge is 2.70. The normalized spacial score (nSPS) is 25.4. The van der Waals surface area contributed by atoms with Crippen molar-refractivity contribution in [3.8, 4) is 11.5 Å². The fraction of sp³-hybridized carbons (Fsp3) is 0.279. The highest BCUT2D eigenvalue weighted by atomic mass is 35.5. The van der Waals surface area contributed by atoms with Crippen LogP contribution in [0.4, 0.5) is 24.7 Å². The minimum atomic E-state index is -4.82. The summed E-state index contributed by atoms with van der Waals surface area (Å²) in [5.74, 6) is -7.21. The molecule has 2 saturated heterocycles. The smallest absolute Gasteiger partial charge is 0.433 e. The predicted octanol–water partition coefficient (Wildman–Crippen LogP) is 7.36. The second-order valence-electron chi connectivity index (χ2n) is 14.9. The van der Waals surface area contributed by atoms with Crippen LogP contribution in [0.1, 0.15) is 35.2 Å². The largest absolute Gasteiger partial charge is 0.504 e. The number of rotatable bonds is 8. The Hall–Kier alpha value is -6.15. The van der Waals surface area contributed by atoms with Gasteiger partial charge in [-0.05, 0) is 73.2 Å². The number of imide groups is 2. The number of halogens is 4. The van der Waals surface area contributed by atoms with Gasteiger partial charge in [-0.15, -0.1) is 0 Å². The van der Waals surface area contributed by atoms with Crippen molar-refractivity contribution in [1.82, 2.24) is 15.0 Å². The number of benzene rings is 3. The fourth-order valence-electron chi connectivity index (χ4n) is 9.19. The second kappa shape index (κ2) is 14.3. The first-order chi connectivity index (χ1) is 27.7. The number of carbonyl (C=O) groups is 4. The Morgan fingerprint density at radius 3 is 2.38 bits per heavy atom. The molecule has 58 heavy (non-hydrogen) atoms. The van der Waals surface area contributed by atoms with Crippen LogP contribution in [0, 0.1) is 36.5 Å². The van der Waals surface area contributed by atoms with Gasteiger partial charge in [-0.3, -0.25) is 29.6 Å². The van der Waals surface area contributed by atoms with Crippen LogP contribution in [-0.2, 0) is 30.8 Å². The molecule has 6 unspecified atom stereocenters. The average molecular weight is 812 g/mol. The Labute approximate surface area is 336 Å². The number of phenolic OH excluding ortho intramolecular Hbond substituents is 1. The first-order valence-electron chi connectivity index (χ1n) is 18.5. The van der Waals surface area contributed by atoms with Crippen molar-refractivity contribution in [1.29, 1.82) is 0 Å². The van der Waals surface area contributed by atoms with E-state index >= 15 is 4.79 Å². The highest BCUT2D eigenvalue weighted by molar-refractivity contribution is 6.33. The van der Waals surface area contributed by atoms with Crippen molar-refractivity contribution in [2.24, 2.45) is 29.6 Å². The van der Waals surface area contributed by atoms with Gasteiger partial charge in [0.15, 0.2) is 17.3 Å². The summed E-state index contributed by atoms with van der Waals surface area (Å²) >= 11 is 6.31. The molecule has 6 atom stereocenters. The van der Waals surface area contributed by atoms with Crippen LogP contribution in [0.15, 0.2) is 103 Å². The highest BCUT2D eigenvalue weighted by Crippen LogP contribution is 2.61. The number of anilines is 2. The van der Waals surface area contributed by atoms with Crippen LogP contribution in [-0.4, -0.2) is 57.9 Å². The van der Waals surface area contributed by atoms with Crippen molar-refractivity contribution in [2.45, 2.75) is 31.4 Å². The maximum atomic E-state index is 15.3. The Kier molecular flexibility index (Phi) is 9.58. The van der Waals surface area contributed by atoms with E-state index in [-0.39, 0.29) is 29.4 Å². The molecule has 3 heterocycles. The van der Waals surface area contributed by atoms with Crippen LogP contribution in [0.25, 0.3) is 6.08 Å². The lowest BCUT2D eigenvalue weighted by Gasteiger charge is -2.49. The van der Waals surface area contributed by atoms with E-state index in [0.717, 1.165) is 26.7 Å². The minimum Gasteiger partial charge on any atom is -0.504 e. The van der Waals surface area contributed by atoms with Gasteiger partial charge in [-0.25, -0.2) is 4.98 Å². The van der Waals surface area contributed by atoms with Gasteiger partial charge in [-0.1, -0.05) is 89.5 Å². The molecule has 2 aliphatic heterocycles. The summed E-state index contributed by atoms with van der Waals surface area (Å²) in [5, 5.41) is 12.9. The molecular weight excluding hydrogens is 775 g/mol. The molecule has 298 valence electrons. The molecule has 4 amide bonds. The number of carbonyl (C=O) groups excluding carboxylic acids is 4. The Morgan fingerprint density at radius 2 is 1.69 bits per heavy atom. The SMILES string of the molecule is COc1cc(C=CC2C3=CCC4C(=O)N(N(C)c5nc(C(F)(F)F)ccc5Cl)C(=O)C4C3CC3C(=O)N(Nc4ccc(C)cc4)C(=O)C23c2ccccc2)ccc1O. The fourth-order valence-corrected chi connectivity index (χ4v) is 9.42. The van der Waals surface area contributed by atoms with Gasteiger partial charge in [0.1, 0.15) is 5.69 Å². The number of aryl methyl sites for hydroxylation is 1. The molecule has 8 rings (SSSR count). The summed E-state index contributed by atoms with van der Waals surface area (Å²) in [5.41, 5.74) is 3.62. The molecule has 2 aliphatic carbocycles. The monoisotopic (exact) mass is 811 g/mol. The van der Waals surface area contributed by atoms with Crippen molar-refractivity contribution in [2.75, 3.05) is 24.6 Å². The first-order valence-corrected chi connectivity index (χ1v) is 18.9. The van der Waals surface area contributed by atoms with E-state index in [1.807, 2.05) is 37.3 Å². The van der Waals surface area contributed by atoms with Crippen LogP contribution < -0.4 is 15.2 Å². The maximum Gasteiger partial charge on any atom is 0.433 e. The average Bonchev–Trinajstić information content (AvgIpc) is 3.59. The number of nitrogens with zero attached hydrogens (tertiary/aromatic N) is 4. The van der Waals surface area contributed by atoms with Crippen LogP contribution >= 0.6 is 11.6 Å². The molecule has 2 N–H and O–H groups in total. The van der Waals surface area contributed by atoms with Gasteiger partial charge in [-0.2, -0.15) is 23.2 Å². The number of pyridine rings is 1. The van der Waals surface area contributed by atoms with Crippen molar-refractivity contribution < 1.29 is 42.2 Å². The Balaban J connectivity index is 1.26. The molecule has 1 aromatic heterocycles. The van der Waals surface area contributed by atoms with Crippen molar-refractivity contribution >= 4 is 52.8 Å². The lowest BCUT2D eigenvalue weighted by molar-refractivity contribution is -0.142. The molecule has 0 bridgehead atoms. The molecule has 3 fully saturated rings. The van der Waals surface area contributed by atoms with E-state index in [1.165, 1.54) is 20.2 Å². The van der Waals surface area contributed by atoms with Crippen molar-refractivity contribution in [3.63, 3.8) is 0 Å². The van der Waals surface area contributed by atoms with Crippen LogP contribution in [0.5, 0.6) is 11.5 Å². The molecule has 4 aliphatic rings. The summed E-state index contributed by atoms with van der Waals surface area (Å²) in [6.45, 7) is 1.91. The summed E-state index contributed by atoms with van der Waals surface area (Å²) in [6, 6.07) is 22.7. The molecule has 0 radical (unpaired) electrons. The van der Waals surface area contributed by atoms with E-state index in [9.17, 15) is 32.7 Å². The van der Waals surface area contributed by atoms with E-state index in [0.29, 0.717) is 28.5 Å². The summed E-state index contributed by atoms with van der Waals surface area (Å²) in [7, 11) is 2.67. The number of hydrogen-bond acceptors (Lipinski definition) is 9. The van der Waals surface area contributed by atoms with Gasteiger partial charge in [0.05, 0.1) is 41.0 Å². The summed E-state index contributed by atoms with van der Waals surface area (Å²) in [6.07, 6.45) is 0.713. The Bertz CT molecular complexity index is 2410. The van der Waals surface area contributed by atoms with E-state index in [4.69, 9.17) is 16.3 Å². The van der Waals surface area contributed by atoms with E-state index in [2.05, 4.69) is 10.4 Å². The molecule has 1 saturated carbocycles. The zero-order valence-electron chi connectivity index (χ0n) is 31.4. The number of fused-ring (bicyclic) bond motifs is 4. The third-order valence-electron chi connectivity index (χ3n) is 11.8. The van der Waals surface area contributed by atoms with Gasteiger partial charge in [0.25, 0.3) is 23.6 Å². The molecule has 15 heteroatoms. The minimum absolute atomic E-state index is 0.00899. The summed E-state index contributed by atoms with van der Waals surface area (Å²) < 4.78 is 46.5. The topological polar surface area (TPSA) is 132 Å². The molecule has 4 aromatic rings. The quantitative estimate of drug-likeness (QED) is 0.138. The second-order valence-corrected chi connectivity index (χ2v) is 15.3. The van der Waals surface area contributed by atoms with E-state index in [1.54, 1.807) is 54.6 Å². The number of aromatic nitrogens is 1. The zero-order chi connectivity index (χ0) is 41.3. The van der Waals surface area contributed by atoms with Gasteiger partial charge < -0.3 is 9.84 Å². The number of alkyl halides is 3. The van der Waals surface area contributed by atoms with Gasteiger partial charge in [0, 0.05) is 13.0 Å². The number of nitrogens with one attached hydrogen (secondary N) is 1. The number of allylic oxidation sites excluding steroid dienone is 3. The Morgan fingerprint density at radius 1 is 0.966 bits per heavy atom.